The summed E-state index contributed by atoms with van der Waals surface area (Å²) in [5, 5.41) is 10.0. The van der Waals surface area contributed by atoms with Crippen molar-refractivity contribution < 1.29 is 18.7 Å². The van der Waals surface area contributed by atoms with Crippen molar-refractivity contribution in [1.82, 2.24) is 20.0 Å². The Morgan fingerprint density at radius 3 is 2.50 bits per heavy atom. The zero-order valence-corrected chi connectivity index (χ0v) is 20.5. The number of aromatic amines is 1. The number of halogens is 1. The van der Waals surface area contributed by atoms with Crippen molar-refractivity contribution in [3.05, 3.63) is 82.8 Å². The van der Waals surface area contributed by atoms with E-state index >= 15 is 0 Å². The van der Waals surface area contributed by atoms with Gasteiger partial charge in [0.2, 0.25) is 0 Å². The van der Waals surface area contributed by atoms with Gasteiger partial charge in [-0.1, -0.05) is 30.3 Å². The number of rotatable bonds is 6. The molecule has 1 atom stereocenters. The molecule has 1 aromatic heterocycles. The molecule has 3 aromatic rings. The molecule has 5 rings (SSSR count). The monoisotopic (exact) mass is 491 g/mol. The number of amides is 2. The van der Waals surface area contributed by atoms with Crippen LogP contribution >= 0.6 is 0 Å². The average Bonchev–Trinajstić information content (AvgIpc) is 3.58. The number of carbonyl (C=O) groups is 2. The SMILES string of the molecule is CC1(C)c2[nH]nc(NC(=O)c3ccc(F)cc3)c2CN1C(=O)OC(CN1CCCC1)c1ccccc1. The summed E-state index contributed by atoms with van der Waals surface area (Å²) in [5.41, 5.74) is 2.03. The van der Waals surface area contributed by atoms with Crippen LogP contribution in [0.1, 0.15) is 60.0 Å². The van der Waals surface area contributed by atoms with E-state index in [4.69, 9.17) is 4.74 Å². The van der Waals surface area contributed by atoms with Gasteiger partial charge in [-0.3, -0.25) is 19.7 Å². The zero-order chi connectivity index (χ0) is 25.3. The first-order valence-electron chi connectivity index (χ1n) is 12.2. The van der Waals surface area contributed by atoms with Crippen LogP contribution in [0.3, 0.4) is 0 Å². The molecule has 0 aliphatic carbocycles. The maximum absolute atomic E-state index is 13.5. The van der Waals surface area contributed by atoms with E-state index in [1.54, 1.807) is 4.90 Å². The van der Waals surface area contributed by atoms with Gasteiger partial charge in [0.25, 0.3) is 5.91 Å². The molecule has 2 aromatic carbocycles. The summed E-state index contributed by atoms with van der Waals surface area (Å²) >= 11 is 0. The molecule has 2 aliphatic rings. The van der Waals surface area contributed by atoms with E-state index in [1.165, 1.54) is 24.3 Å². The Hall–Kier alpha value is -3.72. The molecule has 36 heavy (non-hydrogen) atoms. The van der Waals surface area contributed by atoms with E-state index < -0.39 is 23.4 Å². The molecule has 0 saturated carbocycles. The van der Waals surface area contributed by atoms with Crippen LogP contribution in [0.25, 0.3) is 0 Å². The fraction of sp³-hybridized carbons (Fsp3) is 0.370. The third kappa shape index (κ3) is 4.70. The molecule has 1 fully saturated rings. The van der Waals surface area contributed by atoms with Gasteiger partial charge in [-0.15, -0.1) is 0 Å². The lowest BCUT2D eigenvalue weighted by Crippen LogP contribution is -2.42. The third-order valence-electron chi connectivity index (χ3n) is 7.07. The number of ether oxygens (including phenoxy) is 1. The average molecular weight is 492 g/mol. The number of hydrogen-bond donors (Lipinski definition) is 2. The molecule has 3 heterocycles. The number of likely N-dealkylation sites (tertiary alicyclic amines) is 1. The van der Waals surface area contributed by atoms with Gasteiger partial charge >= 0.3 is 6.09 Å². The molecule has 0 bridgehead atoms. The van der Waals surface area contributed by atoms with Crippen LogP contribution < -0.4 is 5.32 Å². The highest BCUT2D eigenvalue weighted by Crippen LogP contribution is 2.41. The second-order valence-corrected chi connectivity index (χ2v) is 9.82. The summed E-state index contributed by atoms with van der Waals surface area (Å²) in [6, 6.07) is 15.1. The molecule has 1 unspecified atom stereocenters. The van der Waals surface area contributed by atoms with Crippen LogP contribution in [-0.4, -0.2) is 51.6 Å². The summed E-state index contributed by atoms with van der Waals surface area (Å²) in [7, 11) is 0. The van der Waals surface area contributed by atoms with Crippen molar-refractivity contribution >= 4 is 17.8 Å². The summed E-state index contributed by atoms with van der Waals surface area (Å²) in [6.45, 7) is 6.73. The highest BCUT2D eigenvalue weighted by molar-refractivity contribution is 6.04. The summed E-state index contributed by atoms with van der Waals surface area (Å²) < 4.78 is 19.3. The van der Waals surface area contributed by atoms with Crippen LogP contribution in [0.4, 0.5) is 15.0 Å². The van der Waals surface area contributed by atoms with Crippen LogP contribution in [0.15, 0.2) is 54.6 Å². The molecular weight excluding hydrogens is 461 g/mol. The second-order valence-electron chi connectivity index (χ2n) is 9.82. The van der Waals surface area contributed by atoms with E-state index in [0.717, 1.165) is 42.8 Å². The lowest BCUT2D eigenvalue weighted by molar-refractivity contribution is 0.0232. The van der Waals surface area contributed by atoms with Crippen molar-refractivity contribution in [3.63, 3.8) is 0 Å². The van der Waals surface area contributed by atoms with Crippen molar-refractivity contribution in [2.24, 2.45) is 0 Å². The summed E-state index contributed by atoms with van der Waals surface area (Å²) in [5.74, 6) is -0.473. The Balaban J connectivity index is 1.32. The Morgan fingerprint density at radius 1 is 1.11 bits per heavy atom. The number of nitrogens with one attached hydrogen (secondary N) is 2. The van der Waals surface area contributed by atoms with Crippen LogP contribution in [0.5, 0.6) is 0 Å². The van der Waals surface area contributed by atoms with Gasteiger partial charge in [0.15, 0.2) is 5.82 Å². The van der Waals surface area contributed by atoms with Gasteiger partial charge in [0.1, 0.15) is 11.9 Å². The molecule has 2 amide bonds. The first-order chi connectivity index (χ1) is 17.3. The Kier molecular flexibility index (Phi) is 6.49. The lowest BCUT2D eigenvalue weighted by atomic mass is 10.0. The Bertz CT molecular complexity index is 1240. The van der Waals surface area contributed by atoms with E-state index in [-0.39, 0.29) is 12.6 Å². The lowest BCUT2D eigenvalue weighted by Gasteiger charge is -2.33. The predicted molar refractivity (Wildman–Crippen MR) is 133 cm³/mol. The van der Waals surface area contributed by atoms with Gasteiger partial charge in [0, 0.05) is 17.7 Å². The standard InChI is InChI=1S/C27H30FN5O3/c1-27(2)23-21(24(31-30-23)29-25(34)19-10-12-20(28)13-11-19)16-33(27)26(35)36-22(17-32-14-6-7-15-32)18-8-4-3-5-9-18/h3-5,8-13,22H,6-7,14-17H2,1-2H3,(H2,29,30,31,34). The molecule has 188 valence electrons. The number of fused-ring (bicyclic) bond motifs is 1. The molecule has 1 saturated heterocycles. The molecule has 9 heteroatoms. The maximum Gasteiger partial charge on any atom is 0.411 e. The van der Waals surface area contributed by atoms with E-state index in [0.29, 0.717) is 17.9 Å². The fourth-order valence-corrected chi connectivity index (χ4v) is 4.96. The van der Waals surface area contributed by atoms with Crippen LogP contribution in [0, 0.1) is 5.82 Å². The fourth-order valence-electron chi connectivity index (χ4n) is 4.96. The van der Waals surface area contributed by atoms with Crippen molar-refractivity contribution in [3.8, 4) is 0 Å². The van der Waals surface area contributed by atoms with Gasteiger partial charge in [-0.05, 0) is 69.6 Å². The van der Waals surface area contributed by atoms with Gasteiger partial charge in [-0.25, -0.2) is 9.18 Å². The van der Waals surface area contributed by atoms with Gasteiger partial charge < -0.3 is 10.1 Å². The summed E-state index contributed by atoms with van der Waals surface area (Å²) in [4.78, 5) is 30.2. The molecule has 0 radical (unpaired) electrons. The highest BCUT2D eigenvalue weighted by Gasteiger charge is 2.45. The number of anilines is 1. The summed E-state index contributed by atoms with van der Waals surface area (Å²) in [6.07, 6.45) is 1.50. The topological polar surface area (TPSA) is 90.6 Å². The van der Waals surface area contributed by atoms with Crippen LogP contribution in [-0.2, 0) is 16.8 Å². The number of carbonyl (C=O) groups excluding carboxylic acids is 2. The quantitative estimate of drug-likeness (QED) is 0.516. The van der Waals surface area contributed by atoms with E-state index in [1.807, 2.05) is 44.2 Å². The molecule has 2 N–H and O–H groups in total. The van der Waals surface area contributed by atoms with Gasteiger partial charge in [0.05, 0.1) is 17.8 Å². The predicted octanol–water partition coefficient (Wildman–Crippen LogP) is 4.83. The van der Waals surface area contributed by atoms with Crippen molar-refractivity contribution in [2.45, 2.75) is 44.9 Å². The number of hydrogen-bond acceptors (Lipinski definition) is 5. The van der Waals surface area contributed by atoms with Gasteiger partial charge in [-0.2, -0.15) is 5.10 Å². The normalized spacial score (nSPS) is 17.6. The molecular formula is C27H30FN5O3. The van der Waals surface area contributed by atoms with Crippen LogP contribution in [0.2, 0.25) is 0 Å². The largest absolute Gasteiger partial charge is 0.440 e. The van der Waals surface area contributed by atoms with E-state index in [2.05, 4.69) is 20.4 Å². The highest BCUT2D eigenvalue weighted by atomic mass is 19.1. The van der Waals surface area contributed by atoms with Crippen molar-refractivity contribution in [2.75, 3.05) is 25.0 Å². The maximum atomic E-state index is 13.5. The number of aromatic nitrogens is 2. The first kappa shape index (κ1) is 24.0. The minimum Gasteiger partial charge on any atom is -0.440 e. The third-order valence-corrected chi connectivity index (χ3v) is 7.07. The molecule has 2 aliphatic heterocycles. The second kappa shape index (κ2) is 9.73. The molecule has 8 nitrogen and oxygen atoms in total. The number of benzene rings is 2. The first-order valence-corrected chi connectivity index (χ1v) is 12.2. The smallest absolute Gasteiger partial charge is 0.411 e. The number of nitrogens with zero attached hydrogens (tertiary/aromatic N) is 3. The molecule has 0 spiro atoms. The minimum atomic E-state index is -0.715. The van der Waals surface area contributed by atoms with Crippen molar-refractivity contribution in [1.29, 1.82) is 0 Å². The number of H-pyrrole nitrogens is 1. The Labute approximate surface area is 209 Å². The minimum absolute atomic E-state index is 0.238. The zero-order valence-electron chi connectivity index (χ0n) is 20.5. The Morgan fingerprint density at radius 2 is 1.81 bits per heavy atom. The van der Waals surface area contributed by atoms with E-state index in [9.17, 15) is 14.0 Å².